The van der Waals surface area contributed by atoms with Crippen molar-refractivity contribution in [2.75, 3.05) is 45.0 Å². The van der Waals surface area contributed by atoms with E-state index in [4.69, 9.17) is 0 Å². The molecule has 1 saturated heterocycles. The lowest BCUT2D eigenvalue weighted by molar-refractivity contribution is -0.131. The van der Waals surface area contributed by atoms with Crippen molar-refractivity contribution in [1.82, 2.24) is 14.5 Å². The first-order valence-electron chi connectivity index (χ1n) is 8.19. The van der Waals surface area contributed by atoms with E-state index in [1.54, 1.807) is 11.8 Å². The summed E-state index contributed by atoms with van der Waals surface area (Å²) in [6.07, 6.45) is 4.22. The smallest absolute Gasteiger partial charge is 0.237 e. The van der Waals surface area contributed by atoms with Crippen LogP contribution in [0.5, 0.6) is 0 Å². The van der Waals surface area contributed by atoms with Crippen LogP contribution in [0.3, 0.4) is 0 Å². The van der Waals surface area contributed by atoms with Crippen LogP contribution in [0.2, 0.25) is 0 Å². The van der Waals surface area contributed by atoms with Crippen LogP contribution in [0.25, 0.3) is 6.08 Å². The Morgan fingerprint density at radius 3 is 2.46 bits per heavy atom. The van der Waals surface area contributed by atoms with E-state index in [0.717, 1.165) is 19.6 Å². The van der Waals surface area contributed by atoms with Gasteiger partial charge in [0, 0.05) is 32.7 Å². The van der Waals surface area contributed by atoms with Crippen LogP contribution in [0.1, 0.15) is 12.5 Å². The predicted octanol–water partition coefficient (Wildman–Crippen LogP) is 0.783. The average molecular weight is 351 g/mol. The maximum absolute atomic E-state index is 12.0. The molecule has 1 fully saturated rings. The Balaban J connectivity index is 1.71. The van der Waals surface area contributed by atoms with Crippen LogP contribution >= 0.6 is 0 Å². The summed E-state index contributed by atoms with van der Waals surface area (Å²) in [7, 11) is -3.32. The Labute approximate surface area is 144 Å². The number of hydrogen-bond acceptors (Lipinski definition) is 4. The lowest BCUT2D eigenvalue weighted by Crippen LogP contribution is -2.51. The van der Waals surface area contributed by atoms with Crippen molar-refractivity contribution in [3.8, 4) is 0 Å². The first-order valence-corrected chi connectivity index (χ1v) is 9.84. The maximum atomic E-state index is 12.0. The Bertz CT molecular complexity index is 651. The maximum Gasteiger partial charge on any atom is 0.237 e. The molecule has 1 N–H and O–H groups in total. The number of carbonyl (C=O) groups excluding carboxylic acids is 1. The summed E-state index contributed by atoms with van der Waals surface area (Å²) < 4.78 is 25.1. The third kappa shape index (κ3) is 6.07. The lowest BCUT2D eigenvalue weighted by atomic mass is 10.2. The minimum atomic E-state index is -3.32. The standard InChI is InChI=1S/C17H25N3O3S/c1-2-24(22,23)18-15-17(21)20-13-11-19(12-14-20)10-6-9-16-7-4-3-5-8-16/h3-9,18H,2,10-15H2,1H3/b9-6+. The highest BCUT2D eigenvalue weighted by molar-refractivity contribution is 7.89. The minimum absolute atomic E-state index is 0.0121. The highest BCUT2D eigenvalue weighted by Crippen LogP contribution is 2.05. The van der Waals surface area contributed by atoms with Gasteiger partial charge in [0.25, 0.3) is 0 Å². The zero-order chi connectivity index (χ0) is 17.4. The van der Waals surface area contributed by atoms with E-state index in [-0.39, 0.29) is 18.2 Å². The number of nitrogens with zero attached hydrogens (tertiary/aromatic N) is 2. The molecule has 0 radical (unpaired) electrons. The van der Waals surface area contributed by atoms with Crippen LogP contribution < -0.4 is 4.72 Å². The fourth-order valence-corrected chi connectivity index (χ4v) is 3.01. The number of amides is 1. The first kappa shape index (κ1) is 18.6. The van der Waals surface area contributed by atoms with E-state index in [9.17, 15) is 13.2 Å². The summed E-state index contributed by atoms with van der Waals surface area (Å²) in [6.45, 7) is 5.10. The molecule has 0 unspecified atom stereocenters. The van der Waals surface area contributed by atoms with Crippen molar-refractivity contribution in [2.24, 2.45) is 0 Å². The summed E-state index contributed by atoms with van der Waals surface area (Å²) in [6, 6.07) is 10.1. The van der Waals surface area contributed by atoms with Gasteiger partial charge in [-0.25, -0.2) is 13.1 Å². The molecule has 0 aliphatic carbocycles. The van der Waals surface area contributed by atoms with E-state index in [1.165, 1.54) is 5.56 Å². The predicted molar refractivity (Wildman–Crippen MR) is 96.0 cm³/mol. The first-order chi connectivity index (χ1) is 11.5. The summed E-state index contributed by atoms with van der Waals surface area (Å²) in [4.78, 5) is 16.0. The molecular formula is C17H25N3O3S. The highest BCUT2D eigenvalue weighted by atomic mass is 32.2. The number of hydrogen-bond donors (Lipinski definition) is 1. The molecule has 0 atom stereocenters. The van der Waals surface area contributed by atoms with Crippen LogP contribution in [0, 0.1) is 0 Å². The zero-order valence-electron chi connectivity index (χ0n) is 14.0. The second-order valence-corrected chi connectivity index (χ2v) is 7.81. The van der Waals surface area contributed by atoms with Gasteiger partial charge in [-0.05, 0) is 12.5 Å². The van der Waals surface area contributed by atoms with E-state index in [0.29, 0.717) is 13.1 Å². The Hall–Kier alpha value is -1.70. The van der Waals surface area contributed by atoms with Crippen LogP contribution in [0.15, 0.2) is 36.4 Å². The van der Waals surface area contributed by atoms with Crippen molar-refractivity contribution in [3.63, 3.8) is 0 Å². The van der Waals surface area contributed by atoms with Gasteiger partial charge in [-0.3, -0.25) is 9.69 Å². The summed E-state index contributed by atoms with van der Waals surface area (Å²) >= 11 is 0. The second-order valence-electron chi connectivity index (χ2n) is 5.72. The topological polar surface area (TPSA) is 69.7 Å². The Morgan fingerprint density at radius 2 is 1.83 bits per heavy atom. The van der Waals surface area contributed by atoms with Crippen molar-refractivity contribution in [3.05, 3.63) is 42.0 Å². The third-order valence-electron chi connectivity index (χ3n) is 4.02. The molecule has 1 heterocycles. The van der Waals surface area contributed by atoms with Crippen molar-refractivity contribution >= 4 is 22.0 Å². The van der Waals surface area contributed by atoms with Crippen LogP contribution in [0.4, 0.5) is 0 Å². The van der Waals surface area contributed by atoms with E-state index < -0.39 is 10.0 Å². The van der Waals surface area contributed by atoms with Crippen LogP contribution in [-0.4, -0.2) is 69.1 Å². The van der Waals surface area contributed by atoms with Gasteiger partial charge >= 0.3 is 0 Å². The monoisotopic (exact) mass is 351 g/mol. The molecule has 2 rings (SSSR count). The molecule has 6 nitrogen and oxygen atoms in total. The summed E-state index contributed by atoms with van der Waals surface area (Å²) in [5.41, 5.74) is 1.18. The molecule has 24 heavy (non-hydrogen) atoms. The zero-order valence-corrected chi connectivity index (χ0v) is 14.8. The van der Waals surface area contributed by atoms with Gasteiger partial charge < -0.3 is 4.90 Å². The van der Waals surface area contributed by atoms with Gasteiger partial charge in [0.15, 0.2) is 0 Å². The fourth-order valence-electron chi connectivity index (χ4n) is 2.47. The van der Waals surface area contributed by atoms with Gasteiger partial charge in [0.2, 0.25) is 15.9 Å². The quantitative estimate of drug-likeness (QED) is 0.788. The molecule has 132 valence electrons. The molecule has 7 heteroatoms. The van der Waals surface area contributed by atoms with Crippen molar-refractivity contribution < 1.29 is 13.2 Å². The average Bonchev–Trinajstić information content (AvgIpc) is 2.61. The molecule has 1 aliphatic heterocycles. The normalized spacial score (nSPS) is 16.6. The third-order valence-corrected chi connectivity index (χ3v) is 5.37. The second kappa shape index (κ2) is 8.96. The Kier molecular flexibility index (Phi) is 6.96. The molecule has 0 spiro atoms. The molecular weight excluding hydrogens is 326 g/mol. The van der Waals surface area contributed by atoms with E-state index in [2.05, 4.69) is 33.9 Å². The number of carbonyl (C=O) groups is 1. The summed E-state index contributed by atoms with van der Waals surface area (Å²) in [5.74, 6) is -0.173. The molecule has 1 aromatic rings. The fraction of sp³-hybridized carbons (Fsp3) is 0.471. The Morgan fingerprint density at radius 1 is 1.17 bits per heavy atom. The van der Waals surface area contributed by atoms with Gasteiger partial charge in [-0.2, -0.15) is 0 Å². The summed E-state index contributed by atoms with van der Waals surface area (Å²) in [5, 5.41) is 0. The minimum Gasteiger partial charge on any atom is -0.339 e. The molecule has 1 aliphatic rings. The van der Waals surface area contributed by atoms with E-state index >= 15 is 0 Å². The number of rotatable bonds is 7. The van der Waals surface area contributed by atoms with Gasteiger partial charge in [0.1, 0.15) is 0 Å². The van der Waals surface area contributed by atoms with Gasteiger partial charge in [-0.1, -0.05) is 42.5 Å². The number of piperazine rings is 1. The molecule has 1 aromatic carbocycles. The van der Waals surface area contributed by atoms with Crippen LogP contribution in [-0.2, 0) is 14.8 Å². The highest BCUT2D eigenvalue weighted by Gasteiger charge is 2.21. The molecule has 0 bridgehead atoms. The van der Waals surface area contributed by atoms with Crippen molar-refractivity contribution in [1.29, 1.82) is 0 Å². The number of sulfonamides is 1. The van der Waals surface area contributed by atoms with Gasteiger partial charge in [-0.15, -0.1) is 0 Å². The van der Waals surface area contributed by atoms with Crippen molar-refractivity contribution in [2.45, 2.75) is 6.92 Å². The SMILES string of the molecule is CCS(=O)(=O)NCC(=O)N1CCN(C/C=C/c2ccccc2)CC1. The van der Waals surface area contributed by atoms with Gasteiger partial charge in [0.05, 0.1) is 12.3 Å². The van der Waals surface area contributed by atoms with E-state index in [1.807, 2.05) is 18.2 Å². The molecule has 1 amide bonds. The molecule has 0 saturated carbocycles. The molecule has 0 aromatic heterocycles. The number of nitrogens with one attached hydrogen (secondary N) is 1. The lowest BCUT2D eigenvalue weighted by Gasteiger charge is -2.34. The largest absolute Gasteiger partial charge is 0.339 e. The number of benzene rings is 1.